The van der Waals surface area contributed by atoms with Gasteiger partial charge in [0.2, 0.25) is 0 Å². The Bertz CT molecular complexity index is 1220. The highest BCUT2D eigenvalue weighted by Gasteiger charge is 2.18. The molecule has 134 valence electrons. The lowest BCUT2D eigenvalue weighted by Gasteiger charge is -2.14. The van der Waals surface area contributed by atoms with Crippen LogP contribution in [-0.2, 0) is 0 Å². The van der Waals surface area contributed by atoms with Crippen LogP contribution in [-0.4, -0.2) is 21.6 Å². The van der Waals surface area contributed by atoms with Gasteiger partial charge in [-0.05, 0) is 30.3 Å². The van der Waals surface area contributed by atoms with Crippen LogP contribution in [0.2, 0.25) is 5.02 Å². The van der Waals surface area contributed by atoms with Gasteiger partial charge >= 0.3 is 6.01 Å². The highest BCUT2D eigenvalue weighted by molar-refractivity contribution is 6.32. The van der Waals surface area contributed by atoms with Crippen LogP contribution >= 0.6 is 11.6 Å². The molecule has 0 amide bonds. The number of para-hydroxylation sites is 1. The molecule has 2 heterocycles. The van der Waals surface area contributed by atoms with Crippen LogP contribution < -0.4 is 10.3 Å². The Morgan fingerprint density at radius 3 is 2.48 bits per heavy atom. The van der Waals surface area contributed by atoms with Crippen molar-refractivity contribution in [1.29, 1.82) is 0 Å². The molecule has 0 aliphatic carbocycles. The average Bonchev–Trinajstić information content (AvgIpc) is 2.68. The van der Waals surface area contributed by atoms with Gasteiger partial charge < -0.3 is 4.74 Å². The molecule has 0 bridgehead atoms. The van der Waals surface area contributed by atoms with Crippen LogP contribution in [0.4, 0.5) is 4.39 Å². The Morgan fingerprint density at radius 1 is 1.00 bits per heavy atom. The van der Waals surface area contributed by atoms with Gasteiger partial charge in [-0.1, -0.05) is 35.9 Å². The van der Waals surface area contributed by atoms with Gasteiger partial charge in [0.05, 0.1) is 23.5 Å². The number of nitrogens with zero attached hydrogens (tertiary/aromatic N) is 3. The molecule has 0 spiro atoms. The molecule has 27 heavy (non-hydrogen) atoms. The standard InChI is InChI=1S/C20H13ClFN3O2/c1-27-20-23-18(12-6-2-4-8-15(12)22)13-10-11-17(26)25(19(13)24-20)16-9-5-3-7-14(16)21/h2-11H,1H3. The smallest absolute Gasteiger partial charge is 0.318 e. The summed E-state index contributed by atoms with van der Waals surface area (Å²) >= 11 is 6.29. The molecule has 0 fully saturated rings. The number of pyridine rings is 1. The largest absolute Gasteiger partial charge is 0.467 e. The van der Waals surface area contributed by atoms with Gasteiger partial charge in [0.1, 0.15) is 5.82 Å². The summed E-state index contributed by atoms with van der Waals surface area (Å²) in [5.41, 5.74) is 1.04. The van der Waals surface area contributed by atoms with Gasteiger partial charge in [-0.15, -0.1) is 0 Å². The zero-order chi connectivity index (χ0) is 19.0. The fourth-order valence-corrected chi connectivity index (χ4v) is 3.13. The molecule has 0 saturated heterocycles. The summed E-state index contributed by atoms with van der Waals surface area (Å²) in [5.74, 6) is -0.435. The van der Waals surface area contributed by atoms with Crippen LogP contribution in [0.15, 0.2) is 65.5 Å². The molecule has 5 nitrogen and oxygen atoms in total. The van der Waals surface area contributed by atoms with Gasteiger partial charge in [0.25, 0.3) is 5.56 Å². The minimum Gasteiger partial charge on any atom is -0.467 e. The Balaban J connectivity index is 2.15. The summed E-state index contributed by atoms with van der Waals surface area (Å²) in [5, 5.41) is 0.887. The number of aromatic nitrogens is 3. The Morgan fingerprint density at radius 2 is 1.74 bits per heavy atom. The summed E-state index contributed by atoms with van der Waals surface area (Å²) in [6.45, 7) is 0. The van der Waals surface area contributed by atoms with Crippen molar-refractivity contribution in [3.8, 4) is 23.0 Å². The van der Waals surface area contributed by atoms with E-state index in [-0.39, 0.29) is 22.8 Å². The fraction of sp³-hybridized carbons (Fsp3) is 0.0500. The first-order chi connectivity index (χ1) is 13.1. The third-order valence-corrected chi connectivity index (χ3v) is 4.45. The van der Waals surface area contributed by atoms with E-state index in [1.165, 1.54) is 23.8 Å². The van der Waals surface area contributed by atoms with E-state index in [0.717, 1.165) is 0 Å². The molecule has 4 aromatic rings. The zero-order valence-electron chi connectivity index (χ0n) is 14.2. The number of halogens is 2. The second-order valence-corrected chi connectivity index (χ2v) is 6.14. The third kappa shape index (κ3) is 2.94. The van der Waals surface area contributed by atoms with Crippen molar-refractivity contribution in [2.24, 2.45) is 0 Å². The predicted octanol–water partition coefficient (Wildman–Crippen LogP) is 4.25. The van der Waals surface area contributed by atoms with Gasteiger partial charge in [-0.25, -0.2) is 4.39 Å². The summed E-state index contributed by atoms with van der Waals surface area (Å²) in [4.78, 5) is 21.3. The average molecular weight is 382 g/mol. The van der Waals surface area contributed by atoms with E-state index in [1.54, 1.807) is 48.5 Å². The van der Waals surface area contributed by atoms with Gasteiger partial charge in [0.15, 0.2) is 5.65 Å². The highest BCUT2D eigenvalue weighted by atomic mass is 35.5. The molecular formula is C20H13ClFN3O2. The van der Waals surface area contributed by atoms with Crippen molar-refractivity contribution in [3.63, 3.8) is 0 Å². The van der Waals surface area contributed by atoms with Crippen LogP contribution in [0.25, 0.3) is 28.0 Å². The Kier molecular flexibility index (Phi) is 4.33. The number of ether oxygens (including phenoxy) is 1. The SMILES string of the molecule is COc1nc(-c2ccccc2F)c2ccc(=O)n(-c3ccccc3Cl)c2n1. The number of rotatable bonds is 3. The molecule has 2 aromatic carbocycles. The van der Waals surface area contributed by atoms with Crippen molar-refractivity contribution >= 4 is 22.6 Å². The van der Waals surface area contributed by atoms with E-state index in [0.29, 0.717) is 21.8 Å². The molecule has 4 rings (SSSR count). The number of benzene rings is 2. The van der Waals surface area contributed by atoms with E-state index in [4.69, 9.17) is 16.3 Å². The number of methoxy groups -OCH3 is 1. The summed E-state index contributed by atoms with van der Waals surface area (Å²) in [6.07, 6.45) is 0. The van der Waals surface area contributed by atoms with Gasteiger partial charge in [0, 0.05) is 17.0 Å². The Hall–Kier alpha value is -3.25. The molecule has 7 heteroatoms. The van der Waals surface area contributed by atoms with Crippen LogP contribution in [0.1, 0.15) is 0 Å². The van der Waals surface area contributed by atoms with Gasteiger partial charge in [-0.3, -0.25) is 9.36 Å². The van der Waals surface area contributed by atoms with Crippen molar-refractivity contribution in [2.45, 2.75) is 0 Å². The maximum absolute atomic E-state index is 14.4. The predicted molar refractivity (Wildman–Crippen MR) is 102 cm³/mol. The van der Waals surface area contributed by atoms with E-state index in [2.05, 4.69) is 9.97 Å². The lowest BCUT2D eigenvalue weighted by atomic mass is 10.1. The molecule has 0 unspecified atom stereocenters. The van der Waals surface area contributed by atoms with Crippen molar-refractivity contribution in [3.05, 3.63) is 81.9 Å². The minimum atomic E-state index is -0.435. The first kappa shape index (κ1) is 17.2. The van der Waals surface area contributed by atoms with E-state index < -0.39 is 5.82 Å². The van der Waals surface area contributed by atoms with Crippen molar-refractivity contribution < 1.29 is 9.13 Å². The molecule has 0 saturated carbocycles. The molecular weight excluding hydrogens is 369 g/mol. The fourth-order valence-electron chi connectivity index (χ4n) is 2.91. The van der Waals surface area contributed by atoms with Crippen molar-refractivity contribution in [1.82, 2.24) is 14.5 Å². The summed E-state index contributed by atoms with van der Waals surface area (Å²) in [6, 6.07) is 16.2. The summed E-state index contributed by atoms with van der Waals surface area (Å²) < 4.78 is 21.0. The highest BCUT2D eigenvalue weighted by Crippen LogP contribution is 2.30. The molecule has 0 radical (unpaired) electrons. The monoisotopic (exact) mass is 381 g/mol. The van der Waals surface area contributed by atoms with E-state index in [9.17, 15) is 9.18 Å². The van der Waals surface area contributed by atoms with Crippen LogP contribution in [0.3, 0.4) is 0 Å². The first-order valence-corrected chi connectivity index (χ1v) is 8.45. The maximum atomic E-state index is 14.4. The lowest BCUT2D eigenvalue weighted by molar-refractivity contribution is 0.381. The molecule has 0 N–H and O–H groups in total. The molecule has 0 atom stereocenters. The maximum Gasteiger partial charge on any atom is 0.318 e. The number of fused-ring (bicyclic) bond motifs is 1. The quantitative estimate of drug-likeness (QED) is 0.532. The van der Waals surface area contributed by atoms with Gasteiger partial charge in [-0.2, -0.15) is 9.97 Å². The van der Waals surface area contributed by atoms with Crippen LogP contribution in [0.5, 0.6) is 6.01 Å². The minimum absolute atomic E-state index is 0.0205. The Labute approximate surface area is 158 Å². The number of hydrogen-bond acceptors (Lipinski definition) is 4. The first-order valence-electron chi connectivity index (χ1n) is 8.08. The normalized spacial score (nSPS) is 10.9. The second kappa shape index (κ2) is 6.81. The summed E-state index contributed by atoms with van der Waals surface area (Å²) in [7, 11) is 1.41. The van der Waals surface area contributed by atoms with E-state index in [1.807, 2.05) is 0 Å². The number of hydrogen-bond donors (Lipinski definition) is 0. The lowest BCUT2D eigenvalue weighted by Crippen LogP contribution is -2.19. The topological polar surface area (TPSA) is 57.0 Å². The molecule has 0 aliphatic rings. The van der Waals surface area contributed by atoms with E-state index >= 15 is 0 Å². The third-order valence-electron chi connectivity index (χ3n) is 4.13. The second-order valence-electron chi connectivity index (χ2n) is 5.73. The molecule has 0 aliphatic heterocycles. The van der Waals surface area contributed by atoms with Crippen molar-refractivity contribution in [2.75, 3.05) is 7.11 Å². The molecule has 2 aromatic heterocycles. The zero-order valence-corrected chi connectivity index (χ0v) is 14.9. The van der Waals surface area contributed by atoms with Crippen LogP contribution in [0, 0.1) is 5.82 Å².